The number of benzene rings is 2. The summed E-state index contributed by atoms with van der Waals surface area (Å²) < 4.78 is 11.6. The summed E-state index contributed by atoms with van der Waals surface area (Å²) >= 11 is 6.14. The van der Waals surface area contributed by atoms with Crippen LogP contribution in [0.3, 0.4) is 0 Å². The Balaban J connectivity index is 1.20. The van der Waals surface area contributed by atoms with E-state index in [0.29, 0.717) is 13.2 Å². The van der Waals surface area contributed by atoms with E-state index in [4.69, 9.17) is 21.1 Å². The molecule has 1 aliphatic carbocycles. The highest BCUT2D eigenvalue weighted by atomic mass is 35.5. The third kappa shape index (κ3) is 7.09. The summed E-state index contributed by atoms with van der Waals surface area (Å²) in [6.07, 6.45) is -2.81. The fourth-order valence-corrected chi connectivity index (χ4v) is 5.69. The number of hydrogen-bond donors (Lipinski definition) is 4. The van der Waals surface area contributed by atoms with Crippen LogP contribution in [0.15, 0.2) is 54.6 Å². The topological polar surface area (TPSA) is 106 Å². The molecule has 204 valence electrons. The fraction of sp³-hybridized carbons (Fsp3) is 0.571. The molecular formula is C28H39ClN2O6. The van der Waals surface area contributed by atoms with Crippen molar-refractivity contribution < 1.29 is 29.9 Å². The van der Waals surface area contributed by atoms with Gasteiger partial charge in [-0.1, -0.05) is 54.1 Å². The van der Waals surface area contributed by atoms with Gasteiger partial charge in [-0.15, -0.1) is 0 Å². The largest absolute Gasteiger partial charge is 0.396 e. The maximum absolute atomic E-state index is 10.1. The number of halogens is 1. The van der Waals surface area contributed by atoms with Gasteiger partial charge < -0.3 is 29.9 Å². The van der Waals surface area contributed by atoms with Gasteiger partial charge >= 0.3 is 0 Å². The maximum atomic E-state index is 10.1. The van der Waals surface area contributed by atoms with Crippen molar-refractivity contribution in [1.82, 2.24) is 9.80 Å². The van der Waals surface area contributed by atoms with Gasteiger partial charge in [0.15, 0.2) is 0 Å². The van der Waals surface area contributed by atoms with E-state index >= 15 is 0 Å². The summed E-state index contributed by atoms with van der Waals surface area (Å²) in [5.74, 6) is -1.23. The van der Waals surface area contributed by atoms with Gasteiger partial charge in [-0.3, -0.25) is 9.80 Å². The standard InChI is InChI=1S/C28H39ClN2O6/c29-22-8-6-21(7-9-22)25(20-4-2-1-3-5-20)31-12-10-30(11-13-31)14-15-36-16-17-37-28-23(18-32)26(34)27(35)24(28)19-33/h1-9,23-28,32-35H,10-19H2. The molecule has 5 atom stereocenters. The van der Waals surface area contributed by atoms with Crippen molar-refractivity contribution in [3.63, 3.8) is 0 Å². The Morgan fingerprint density at radius 3 is 1.97 bits per heavy atom. The van der Waals surface area contributed by atoms with Crippen molar-refractivity contribution in [2.75, 3.05) is 65.8 Å². The van der Waals surface area contributed by atoms with Crippen LogP contribution in [0.2, 0.25) is 5.02 Å². The van der Waals surface area contributed by atoms with E-state index < -0.39 is 30.1 Å². The summed E-state index contributed by atoms with van der Waals surface area (Å²) in [5, 5.41) is 39.9. The number of aliphatic hydroxyl groups is 4. The number of aliphatic hydroxyl groups excluding tert-OH is 4. The normalized spacial score (nSPS) is 28.0. The smallest absolute Gasteiger partial charge is 0.0878 e. The molecule has 2 aliphatic rings. The minimum absolute atomic E-state index is 0.187. The minimum Gasteiger partial charge on any atom is -0.396 e. The molecule has 9 heteroatoms. The van der Waals surface area contributed by atoms with Gasteiger partial charge in [-0.2, -0.15) is 0 Å². The number of nitrogens with zero attached hydrogens (tertiary/aromatic N) is 2. The lowest BCUT2D eigenvalue weighted by Gasteiger charge is -2.39. The molecule has 4 N–H and O–H groups in total. The average molecular weight is 535 g/mol. The van der Waals surface area contributed by atoms with Crippen LogP contribution in [0.1, 0.15) is 17.2 Å². The summed E-state index contributed by atoms with van der Waals surface area (Å²) in [5.41, 5.74) is 2.51. The van der Waals surface area contributed by atoms with Gasteiger partial charge in [0, 0.05) is 49.6 Å². The zero-order chi connectivity index (χ0) is 26.2. The second kappa shape index (κ2) is 14.0. The Labute approximate surface area is 224 Å². The first kappa shape index (κ1) is 28.4. The first-order valence-corrected chi connectivity index (χ1v) is 13.4. The Kier molecular flexibility index (Phi) is 10.7. The van der Waals surface area contributed by atoms with E-state index in [1.165, 1.54) is 11.1 Å². The maximum Gasteiger partial charge on any atom is 0.0878 e. The molecule has 8 nitrogen and oxygen atoms in total. The molecule has 2 fully saturated rings. The Bertz CT molecular complexity index is 912. The highest BCUT2D eigenvalue weighted by Gasteiger charge is 2.49. The van der Waals surface area contributed by atoms with Crippen LogP contribution in [0.5, 0.6) is 0 Å². The summed E-state index contributed by atoms with van der Waals surface area (Å²) in [7, 11) is 0. The average Bonchev–Trinajstić information content (AvgIpc) is 3.16. The van der Waals surface area contributed by atoms with Crippen LogP contribution in [0.25, 0.3) is 0 Å². The van der Waals surface area contributed by atoms with Crippen molar-refractivity contribution in [3.05, 3.63) is 70.7 Å². The molecule has 1 saturated carbocycles. The molecule has 37 heavy (non-hydrogen) atoms. The summed E-state index contributed by atoms with van der Waals surface area (Å²) in [4.78, 5) is 4.91. The molecule has 1 saturated heterocycles. The van der Waals surface area contributed by atoms with E-state index in [1.807, 2.05) is 18.2 Å². The first-order chi connectivity index (χ1) is 18.0. The van der Waals surface area contributed by atoms with Crippen molar-refractivity contribution in [3.8, 4) is 0 Å². The zero-order valence-electron chi connectivity index (χ0n) is 21.1. The van der Waals surface area contributed by atoms with Crippen molar-refractivity contribution in [2.45, 2.75) is 24.4 Å². The van der Waals surface area contributed by atoms with Crippen molar-refractivity contribution in [2.24, 2.45) is 11.8 Å². The number of rotatable bonds is 12. The molecule has 0 aromatic heterocycles. The lowest BCUT2D eigenvalue weighted by Crippen LogP contribution is -2.48. The van der Waals surface area contributed by atoms with Crippen LogP contribution in [0, 0.1) is 11.8 Å². The molecule has 5 unspecified atom stereocenters. The van der Waals surface area contributed by atoms with Crippen LogP contribution in [-0.2, 0) is 9.47 Å². The second-order valence-corrected chi connectivity index (χ2v) is 10.3. The SMILES string of the molecule is OCC1C(O)C(O)C(CO)C1OCCOCCN1CCN(C(c2ccccc2)c2ccc(Cl)cc2)CC1. The summed E-state index contributed by atoms with van der Waals surface area (Å²) in [6.45, 7) is 5.21. The van der Waals surface area contributed by atoms with Crippen molar-refractivity contribution >= 4 is 11.6 Å². The first-order valence-electron chi connectivity index (χ1n) is 13.1. The highest BCUT2D eigenvalue weighted by Crippen LogP contribution is 2.34. The number of hydrogen-bond acceptors (Lipinski definition) is 8. The molecule has 4 rings (SSSR count). The quantitative estimate of drug-likeness (QED) is 0.303. The lowest BCUT2D eigenvalue weighted by molar-refractivity contribution is -0.0624. The zero-order valence-corrected chi connectivity index (χ0v) is 21.9. The molecule has 0 amide bonds. The molecule has 2 aromatic carbocycles. The van der Waals surface area contributed by atoms with Gasteiger partial charge in [0.25, 0.3) is 0 Å². The predicted molar refractivity (Wildman–Crippen MR) is 141 cm³/mol. The van der Waals surface area contributed by atoms with Crippen LogP contribution in [-0.4, -0.2) is 114 Å². The molecule has 0 radical (unpaired) electrons. The third-order valence-electron chi connectivity index (χ3n) is 7.66. The van der Waals surface area contributed by atoms with E-state index in [-0.39, 0.29) is 25.9 Å². The molecule has 0 bridgehead atoms. The number of ether oxygens (including phenoxy) is 2. The highest BCUT2D eigenvalue weighted by molar-refractivity contribution is 6.30. The monoisotopic (exact) mass is 534 g/mol. The van der Waals surface area contributed by atoms with E-state index in [0.717, 1.165) is 37.7 Å². The van der Waals surface area contributed by atoms with E-state index in [2.05, 4.69) is 46.2 Å². The Hall–Kier alpha value is -1.59. The Morgan fingerprint density at radius 1 is 0.784 bits per heavy atom. The van der Waals surface area contributed by atoms with E-state index in [1.54, 1.807) is 0 Å². The summed E-state index contributed by atoms with van der Waals surface area (Å²) in [6, 6.07) is 18.9. The van der Waals surface area contributed by atoms with Gasteiger partial charge in [-0.05, 0) is 23.3 Å². The molecule has 1 heterocycles. The molecule has 1 aliphatic heterocycles. The van der Waals surface area contributed by atoms with Gasteiger partial charge in [0.05, 0.1) is 57.4 Å². The second-order valence-electron chi connectivity index (χ2n) is 9.86. The number of piperazine rings is 1. The van der Waals surface area contributed by atoms with Crippen LogP contribution >= 0.6 is 11.6 Å². The van der Waals surface area contributed by atoms with E-state index in [9.17, 15) is 20.4 Å². The molecule has 0 spiro atoms. The third-order valence-corrected chi connectivity index (χ3v) is 7.91. The van der Waals surface area contributed by atoms with Gasteiger partial charge in [0.2, 0.25) is 0 Å². The lowest BCUT2D eigenvalue weighted by atomic mass is 9.96. The minimum atomic E-state index is -1.10. The molecule has 2 aromatic rings. The van der Waals surface area contributed by atoms with Crippen molar-refractivity contribution in [1.29, 1.82) is 0 Å². The van der Waals surface area contributed by atoms with Gasteiger partial charge in [-0.25, -0.2) is 0 Å². The van der Waals surface area contributed by atoms with Gasteiger partial charge in [0.1, 0.15) is 0 Å². The predicted octanol–water partition coefficient (Wildman–Crippen LogP) is 1.40. The fourth-order valence-electron chi connectivity index (χ4n) is 5.56. The van der Waals surface area contributed by atoms with Crippen LogP contribution < -0.4 is 0 Å². The Morgan fingerprint density at radius 2 is 1.38 bits per heavy atom. The van der Waals surface area contributed by atoms with Crippen LogP contribution in [0.4, 0.5) is 0 Å². The molecular weight excluding hydrogens is 496 g/mol.